The molecule has 0 saturated carbocycles. The van der Waals surface area contributed by atoms with Crippen molar-refractivity contribution in [2.45, 2.75) is 0 Å². The third-order valence-electron chi connectivity index (χ3n) is 3.45. The lowest BCUT2D eigenvalue weighted by molar-refractivity contribution is 0.105. The van der Waals surface area contributed by atoms with Gasteiger partial charge in [-0.2, -0.15) is 4.68 Å². The number of hydrogen-bond donors (Lipinski definition) is 0. The molecule has 0 unspecified atom stereocenters. The van der Waals surface area contributed by atoms with Crippen LogP contribution in [0.2, 0.25) is 0 Å². The molecule has 0 N–H and O–H groups in total. The van der Waals surface area contributed by atoms with Gasteiger partial charge in [-0.3, -0.25) is 4.79 Å². The van der Waals surface area contributed by atoms with Crippen LogP contribution in [-0.2, 0) is 0 Å². The van der Waals surface area contributed by atoms with E-state index in [1.165, 1.54) is 28.9 Å². The number of carbonyl (C=O) groups excluding carboxylic acids is 1. The van der Waals surface area contributed by atoms with Gasteiger partial charge >= 0.3 is 0 Å². The molecule has 0 bridgehead atoms. The molecule has 0 fully saturated rings. The van der Waals surface area contributed by atoms with Gasteiger partial charge in [-0.25, -0.2) is 4.39 Å². The third kappa shape index (κ3) is 3.60. The van der Waals surface area contributed by atoms with Crippen molar-refractivity contribution in [1.82, 2.24) is 25.1 Å². The number of rotatable bonds is 5. The van der Waals surface area contributed by atoms with Gasteiger partial charge < -0.3 is 4.90 Å². The van der Waals surface area contributed by atoms with Crippen LogP contribution in [0.25, 0.3) is 11.3 Å². The molecule has 3 rings (SSSR count). The summed E-state index contributed by atoms with van der Waals surface area (Å²) >= 11 is 0. The Bertz CT molecular complexity index is 901. The zero-order chi connectivity index (χ0) is 17.8. The van der Waals surface area contributed by atoms with Crippen LogP contribution in [0, 0.1) is 5.82 Å². The average Bonchev–Trinajstić information content (AvgIpc) is 3.10. The Hall–Kier alpha value is -3.35. The van der Waals surface area contributed by atoms with E-state index in [2.05, 4.69) is 15.5 Å². The minimum absolute atomic E-state index is 0.291. The Balaban J connectivity index is 2.08. The first-order chi connectivity index (χ1) is 12.1. The molecule has 1 heterocycles. The summed E-state index contributed by atoms with van der Waals surface area (Å²) in [6.45, 7) is 0. The van der Waals surface area contributed by atoms with Gasteiger partial charge in [-0.15, -0.1) is 5.10 Å². The molecule has 25 heavy (non-hydrogen) atoms. The van der Waals surface area contributed by atoms with Crippen molar-refractivity contribution in [2.24, 2.45) is 0 Å². The zero-order valence-electron chi connectivity index (χ0n) is 13.8. The highest BCUT2D eigenvalue weighted by atomic mass is 19.1. The number of tetrazole rings is 1. The quantitative estimate of drug-likeness (QED) is 0.529. The number of nitrogens with zero attached hydrogens (tertiary/aromatic N) is 5. The van der Waals surface area contributed by atoms with Crippen molar-refractivity contribution in [2.75, 3.05) is 14.1 Å². The highest BCUT2D eigenvalue weighted by molar-refractivity contribution is 6.28. The van der Waals surface area contributed by atoms with E-state index in [0.29, 0.717) is 17.0 Å². The van der Waals surface area contributed by atoms with E-state index in [4.69, 9.17) is 0 Å². The van der Waals surface area contributed by atoms with Crippen molar-refractivity contribution in [1.29, 1.82) is 0 Å². The summed E-state index contributed by atoms with van der Waals surface area (Å²) < 4.78 is 14.6. The van der Waals surface area contributed by atoms with Crippen LogP contribution in [0.5, 0.6) is 0 Å². The lowest BCUT2D eigenvalue weighted by atomic mass is 10.0. The molecule has 2 aromatic carbocycles. The topological polar surface area (TPSA) is 63.9 Å². The predicted octanol–water partition coefficient (Wildman–Crippen LogP) is 2.59. The molecule has 0 aliphatic heterocycles. The standard InChI is InChI=1S/C18H16FN5O/c1-23(2)12-16(17(25)13-8-10-14(19)11-9-13)18-20-21-22-24(18)15-6-4-3-5-7-15/h3-12H,1-2H3/b16-12-. The van der Waals surface area contributed by atoms with E-state index in [-0.39, 0.29) is 5.78 Å². The smallest absolute Gasteiger partial charge is 0.198 e. The third-order valence-corrected chi connectivity index (χ3v) is 3.45. The minimum Gasteiger partial charge on any atom is -0.383 e. The Morgan fingerprint density at radius 3 is 2.40 bits per heavy atom. The number of hydrogen-bond acceptors (Lipinski definition) is 5. The lowest BCUT2D eigenvalue weighted by Gasteiger charge is -2.11. The first-order valence-corrected chi connectivity index (χ1v) is 7.59. The van der Waals surface area contributed by atoms with Gasteiger partial charge in [0.1, 0.15) is 5.82 Å². The Morgan fingerprint density at radius 2 is 1.76 bits per heavy atom. The maximum Gasteiger partial charge on any atom is 0.198 e. The molecule has 0 atom stereocenters. The van der Waals surface area contributed by atoms with Crippen LogP contribution in [0.1, 0.15) is 16.2 Å². The van der Waals surface area contributed by atoms with Crippen LogP contribution in [-0.4, -0.2) is 45.0 Å². The van der Waals surface area contributed by atoms with E-state index < -0.39 is 5.82 Å². The molecule has 0 amide bonds. The normalized spacial score (nSPS) is 11.4. The maximum atomic E-state index is 13.1. The fraction of sp³-hybridized carbons (Fsp3) is 0.111. The summed E-state index contributed by atoms with van der Waals surface area (Å²) in [5, 5.41) is 11.7. The molecular weight excluding hydrogens is 321 g/mol. The highest BCUT2D eigenvalue weighted by Crippen LogP contribution is 2.21. The first kappa shape index (κ1) is 16.5. The number of carbonyl (C=O) groups is 1. The Kier molecular flexibility index (Phi) is 4.65. The number of ketones is 1. The van der Waals surface area contributed by atoms with Gasteiger partial charge in [-0.05, 0) is 46.8 Å². The molecule has 0 aliphatic rings. The number of aromatic nitrogens is 4. The SMILES string of the molecule is CN(C)/C=C(/C(=O)c1ccc(F)cc1)c1nnnn1-c1ccccc1. The number of halogens is 1. The molecule has 0 spiro atoms. The van der Waals surface area contributed by atoms with Crippen LogP contribution < -0.4 is 0 Å². The Morgan fingerprint density at radius 1 is 1.08 bits per heavy atom. The van der Waals surface area contributed by atoms with Crippen LogP contribution >= 0.6 is 0 Å². The molecule has 0 aliphatic carbocycles. The summed E-state index contributed by atoms with van der Waals surface area (Å²) in [6, 6.07) is 14.7. The van der Waals surface area contributed by atoms with Gasteiger partial charge in [-0.1, -0.05) is 18.2 Å². The second-order valence-corrected chi connectivity index (χ2v) is 5.59. The van der Waals surface area contributed by atoms with Gasteiger partial charge in [0, 0.05) is 25.9 Å². The van der Waals surface area contributed by atoms with Gasteiger partial charge in [0.05, 0.1) is 11.3 Å². The molecule has 1 aromatic heterocycles. The van der Waals surface area contributed by atoms with Gasteiger partial charge in [0.15, 0.2) is 11.6 Å². The summed E-state index contributed by atoms with van der Waals surface area (Å²) in [6.07, 6.45) is 1.65. The zero-order valence-corrected chi connectivity index (χ0v) is 13.8. The molecule has 0 saturated heterocycles. The van der Waals surface area contributed by atoms with Crippen LogP contribution in [0.15, 0.2) is 60.8 Å². The van der Waals surface area contributed by atoms with Crippen LogP contribution in [0.4, 0.5) is 4.39 Å². The maximum absolute atomic E-state index is 13.1. The van der Waals surface area contributed by atoms with E-state index in [9.17, 15) is 9.18 Å². The molecule has 126 valence electrons. The number of benzene rings is 2. The van der Waals surface area contributed by atoms with E-state index in [1.807, 2.05) is 30.3 Å². The van der Waals surface area contributed by atoms with E-state index >= 15 is 0 Å². The van der Waals surface area contributed by atoms with Crippen molar-refractivity contribution in [3.05, 3.63) is 78.0 Å². The fourth-order valence-corrected chi connectivity index (χ4v) is 2.33. The van der Waals surface area contributed by atoms with Crippen LogP contribution in [0.3, 0.4) is 0 Å². The second kappa shape index (κ2) is 7.04. The molecule has 7 heteroatoms. The molecule has 3 aromatic rings. The summed E-state index contributed by atoms with van der Waals surface area (Å²) in [5.74, 6) is -0.376. The van der Waals surface area contributed by atoms with E-state index in [1.54, 1.807) is 25.2 Å². The summed E-state index contributed by atoms with van der Waals surface area (Å²) in [4.78, 5) is 14.7. The summed E-state index contributed by atoms with van der Waals surface area (Å²) in [5.41, 5.74) is 1.40. The monoisotopic (exact) mass is 337 g/mol. The number of Topliss-reactive ketones (excluding diaryl/α,β-unsaturated/α-hetero) is 1. The Labute approximate surface area is 144 Å². The average molecular weight is 337 g/mol. The van der Waals surface area contributed by atoms with Crippen molar-refractivity contribution < 1.29 is 9.18 Å². The number of para-hydroxylation sites is 1. The van der Waals surface area contributed by atoms with Crippen molar-refractivity contribution >= 4 is 11.4 Å². The first-order valence-electron chi connectivity index (χ1n) is 7.59. The van der Waals surface area contributed by atoms with E-state index in [0.717, 1.165) is 5.69 Å². The largest absolute Gasteiger partial charge is 0.383 e. The van der Waals surface area contributed by atoms with Gasteiger partial charge in [0.25, 0.3) is 0 Å². The highest BCUT2D eigenvalue weighted by Gasteiger charge is 2.22. The fourth-order valence-electron chi connectivity index (χ4n) is 2.33. The van der Waals surface area contributed by atoms with Gasteiger partial charge in [0.2, 0.25) is 0 Å². The second-order valence-electron chi connectivity index (χ2n) is 5.59. The van der Waals surface area contributed by atoms with Crippen molar-refractivity contribution in [3.63, 3.8) is 0 Å². The summed E-state index contributed by atoms with van der Waals surface area (Å²) in [7, 11) is 3.60. The molecule has 0 radical (unpaired) electrons. The van der Waals surface area contributed by atoms with Crippen molar-refractivity contribution in [3.8, 4) is 5.69 Å². The molecule has 6 nitrogen and oxygen atoms in total. The predicted molar refractivity (Wildman–Crippen MR) is 91.5 cm³/mol. The number of allylic oxidation sites excluding steroid dienone is 1. The lowest BCUT2D eigenvalue weighted by Crippen LogP contribution is -2.13. The molecular formula is C18H16FN5O. The minimum atomic E-state index is -0.399.